The first-order valence-electron chi connectivity index (χ1n) is 8.37. The van der Waals surface area contributed by atoms with Crippen LogP contribution >= 0.6 is 23.2 Å². The molecule has 0 bridgehead atoms. The third kappa shape index (κ3) is 4.42. The maximum absolute atomic E-state index is 12.8. The lowest BCUT2D eigenvalue weighted by Gasteiger charge is -2.35. The molecule has 2 aromatic rings. The molecule has 9 heteroatoms. The minimum Gasteiger partial charge on any atom is -0.335 e. The molecule has 2 aromatic carbocycles. The molecule has 1 fully saturated rings. The van der Waals surface area contributed by atoms with Gasteiger partial charge in [-0.3, -0.25) is 9.59 Å². The van der Waals surface area contributed by atoms with Crippen molar-refractivity contribution < 1.29 is 22.8 Å². The number of hydrogen-bond donors (Lipinski definition) is 0. The lowest BCUT2D eigenvalue weighted by atomic mass is 10.1. The Morgan fingerprint density at radius 2 is 1.46 bits per heavy atom. The van der Waals surface area contributed by atoms with E-state index in [2.05, 4.69) is 0 Å². The summed E-state index contributed by atoms with van der Waals surface area (Å²) in [4.78, 5) is 28.1. The Labute approximate surface area is 169 Å². The van der Waals surface area contributed by atoms with Crippen LogP contribution in [0.25, 0.3) is 0 Å². The fraction of sp³-hybridized carbons (Fsp3) is 0.263. The van der Waals surface area contributed by atoms with Crippen LogP contribution in [-0.2, 0) is 6.18 Å². The predicted molar refractivity (Wildman–Crippen MR) is 99.7 cm³/mol. The molecule has 28 heavy (non-hydrogen) atoms. The summed E-state index contributed by atoms with van der Waals surface area (Å²) in [5.41, 5.74) is -0.594. The number of halogens is 5. The van der Waals surface area contributed by atoms with Crippen LogP contribution in [-0.4, -0.2) is 47.8 Å². The van der Waals surface area contributed by atoms with Crippen LogP contribution in [0.2, 0.25) is 10.0 Å². The summed E-state index contributed by atoms with van der Waals surface area (Å²) in [6, 6.07) is 8.89. The van der Waals surface area contributed by atoms with Crippen LogP contribution in [0.15, 0.2) is 42.5 Å². The van der Waals surface area contributed by atoms with Gasteiger partial charge in [0.05, 0.1) is 16.1 Å². The molecule has 0 aromatic heterocycles. The van der Waals surface area contributed by atoms with Gasteiger partial charge in [0.15, 0.2) is 0 Å². The Bertz CT molecular complexity index is 910. The summed E-state index contributed by atoms with van der Waals surface area (Å²) >= 11 is 11.9. The number of alkyl halides is 3. The number of hydrogen-bond acceptors (Lipinski definition) is 2. The number of benzene rings is 2. The second-order valence-corrected chi connectivity index (χ2v) is 7.13. The SMILES string of the molecule is O=C(c1cccc(C(F)(F)F)c1)N1CCN(C(=O)c2ccc(Cl)cc2Cl)CC1. The van der Waals surface area contributed by atoms with E-state index in [4.69, 9.17) is 23.2 Å². The molecule has 1 heterocycles. The fourth-order valence-corrected chi connectivity index (χ4v) is 3.45. The molecular weight excluding hydrogens is 416 g/mol. The quantitative estimate of drug-likeness (QED) is 0.697. The van der Waals surface area contributed by atoms with Crippen molar-refractivity contribution in [2.45, 2.75) is 6.18 Å². The standard InChI is InChI=1S/C19H15Cl2F3N2O2/c20-14-4-5-15(16(21)11-14)18(28)26-8-6-25(7-9-26)17(27)12-2-1-3-13(10-12)19(22,23)24/h1-5,10-11H,6-9H2. The molecule has 4 nitrogen and oxygen atoms in total. The molecule has 0 radical (unpaired) electrons. The predicted octanol–water partition coefficient (Wildman–Crippen LogP) is 4.61. The Morgan fingerprint density at radius 1 is 0.857 bits per heavy atom. The van der Waals surface area contributed by atoms with E-state index in [0.717, 1.165) is 12.1 Å². The van der Waals surface area contributed by atoms with Crippen molar-refractivity contribution in [2.24, 2.45) is 0 Å². The number of carbonyl (C=O) groups is 2. The highest BCUT2D eigenvalue weighted by Gasteiger charge is 2.32. The molecule has 0 unspecified atom stereocenters. The van der Waals surface area contributed by atoms with Gasteiger partial charge < -0.3 is 9.80 Å². The van der Waals surface area contributed by atoms with Crippen LogP contribution in [0.1, 0.15) is 26.3 Å². The van der Waals surface area contributed by atoms with Crippen molar-refractivity contribution in [3.8, 4) is 0 Å². The lowest BCUT2D eigenvalue weighted by molar-refractivity contribution is -0.137. The van der Waals surface area contributed by atoms with E-state index in [1.807, 2.05) is 0 Å². The molecule has 1 aliphatic heterocycles. The normalized spacial score (nSPS) is 14.9. The molecule has 1 aliphatic rings. The number of amides is 2. The number of nitrogens with zero attached hydrogens (tertiary/aromatic N) is 2. The molecule has 3 rings (SSSR count). The van der Waals surface area contributed by atoms with Crippen molar-refractivity contribution in [1.82, 2.24) is 9.80 Å². The second kappa shape index (κ2) is 8.01. The summed E-state index contributed by atoms with van der Waals surface area (Å²) in [6.07, 6.45) is -4.51. The van der Waals surface area contributed by atoms with Gasteiger partial charge >= 0.3 is 6.18 Å². The highest BCUT2D eigenvalue weighted by molar-refractivity contribution is 6.36. The molecule has 0 spiro atoms. The van der Waals surface area contributed by atoms with Gasteiger partial charge in [0.1, 0.15) is 0 Å². The lowest BCUT2D eigenvalue weighted by Crippen LogP contribution is -2.50. The summed E-state index contributed by atoms with van der Waals surface area (Å²) in [5.74, 6) is -0.782. The maximum atomic E-state index is 12.8. The maximum Gasteiger partial charge on any atom is 0.416 e. The van der Waals surface area contributed by atoms with Gasteiger partial charge in [-0.1, -0.05) is 29.3 Å². The third-order valence-corrected chi connectivity index (χ3v) is 5.00. The van der Waals surface area contributed by atoms with Gasteiger partial charge in [0, 0.05) is 36.8 Å². The van der Waals surface area contributed by atoms with Crippen LogP contribution < -0.4 is 0 Å². The van der Waals surface area contributed by atoms with Crippen molar-refractivity contribution in [2.75, 3.05) is 26.2 Å². The summed E-state index contributed by atoms with van der Waals surface area (Å²) in [5, 5.41) is 0.651. The van der Waals surface area contributed by atoms with Gasteiger partial charge in [0.25, 0.3) is 11.8 Å². The van der Waals surface area contributed by atoms with Gasteiger partial charge in [-0.05, 0) is 36.4 Å². The second-order valence-electron chi connectivity index (χ2n) is 6.29. The number of carbonyl (C=O) groups excluding carboxylic acids is 2. The molecule has 0 N–H and O–H groups in total. The van der Waals surface area contributed by atoms with Gasteiger partial charge in [-0.25, -0.2) is 0 Å². The molecule has 1 saturated heterocycles. The zero-order chi connectivity index (χ0) is 20.5. The zero-order valence-electron chi connectivity index (χ0n) is 14.5. The molecule has 0 aliphatic carbocycles. The Kier molecular flexibility index (Phi) is 5.86. The summed E-state index contributed by atoms with van der Waals surface area (Å²) in [6.45, 7) is 0.934. The molecule has 148 valence electrons. The highest BCUT2D eigenvalue weighted by Crippen LogP contribution is 2.30. The number of rotatable bonds is 2. The first-order chi connectivity index (χ1) is 13.2. The van der Waals surface area contributed by atoms with E-state index in [1.54, 1.807) is 11.0 Å². The van der Waals surface area contributed by atoms with Gasteiger partial charge in [0.2, 0.25) is 0 Å². The fourth-order valence-electron chi connectivity index (χ4n) is 2.96. The average Bonchev–Trinajstić information content (AvgIpc) is 2.66. The average molecular weight is 431 g/mol. The van der Waals surface area contributed by atoms with Crippen LogP contribution in [0.3, 0.4) is 0 Å². The zero-order valence-corrected chi connectivity index (χ0v) is 16.0. The first-order valence-corrected chi connectivity index (χ1v) is 9.13. The van der Waals surface area contributed by atoms with Gasteiger partial charge in [-0.15, -0.1) is 0 Å². The summed E-state index contributed by atoms with van der Waals surface area (Å²) in [7, 11) is 0. The molecular formula is C19H15Cl2F3N2O2. The largest absolute Gasteiger partial charge is 0.416 e. The molecule has 0 saturated carbocycles. The van der Waals surface area contributed by atoms with E-state index in [-0.39, 0.29) is 42.7 Å². The van der Waals surface area contributed by atoms with Crippen LogP contribution in [0.5, 0.6) is 0 Å². The third-order valence-electron chi connectivity index (χ3n) is 4.45. The van der Waals surface area contributed by atoms with E-state index in [9.17, 15) is 22.8 Å². The minimum atomic E-state index is -4.51. The van der Waals surface area contributed by atoms with E-state index < -0.39 is 17.6 Å². The Balaban J connectivity index is 1.67. The highest BCUT2D eigenvalue weighted by atomic mass is 35.5. The van der Waals surface area contributed by atoms with Crippen molar-refractivity contribution >= 4 is 35.0 Å². The molecule has 2 amide bonds. The number of piperazine rings is 1. The van der Waals surface area contributed by atoms with Crippen molar-refractivity contribution in [3.63, 3.8) is 0 Å². The van der Waals surface area contributed by atoms with Crippen molar-refractivity contribution in [1.29, 1.82) is 0 Å². The minimum absolute atomic E-state index is 0.0321. The van der Waals surface area contributed by atoms with E-state index >= 15 is 0 Å². The Morgan fingerprint density at radius 3 is 2.04 bits per heavy atom. The van der Waals surface area contributed by atoms with E-state index in [1.165, 1.54) is 29.2 Å². The van der Waals surface area contributed by atoms with Crippen LogP contribution in [0.4, 0.5) is 13.2 Å². The Hall–Kier alpha value is -2.25. The summed E-state index contributed by atoms with van der Waals surface area (Å²) < 4.78 is 38.5. The van der Waals surface area contributed by atoms with Gasteiger partial charge in [-0.2, -0.15) is 13.2 Å². The first kappa shape index (κ1) is 20.5. The topological polar surface area (TPSA) is 40.6 Å². The molecule has 0 atom stereocenters. The smallest absolute Gasteiger partial charge is 0.335 e. The monoisotopic (exact) mass is 430 g/mol. The van der Waals surface area contributed by atoms with E-state index in [0.29, 0.717) is 10.6 Å². The van der Waals surface area contributed by atoms with Crippen LogP contribution in [0, 0.1) is 0 Å². The van der Waals surface area contributed by atoms with Crippen molar-refractivity contribution in [3.05, 3.63) is 69.2 Å².